The summed E-state index contributed by atoms with van der Waals surface area (Å²) in [4.78, 5) is 0. The Morgan fingerprint density at radius 2 is 1.67 bits per heavy atom. The van der Waals surface area contributed by atoms with Crippen LogP contribution in [0.1, 0.15) is 27.2 Å². The second-order valence-corrected chi connectivity index (χ2v) is 2.55. The van der Waals surface area contributed by atoms with Crippen LogP contribution in [0.3, 0.4) is 0 Å². The van der Waals surface area contributed by atoms with E-state index in [0.717, 1.165) is 0 Å². The fourth-order valence-corrected chi connectivity index (χ4v) is 0.582. The van der Waals surface area contributed by atoms with E-state index >= 15 is 0 Å². The molecular formula is C7H16NaO. The van der Waals surface area contributed by atoms with E-state index in [-0.39, 0.29) is 29.6 Å². The summed E-state index contributed by atoms with van der Waals surface area (Å²) >= 11 is 0. The number of hydrogen-bond donors (Lipinski definition) is 1. The number of aliphatic hydroxyl groups is 1. The van der Waals surface area contributed by atoms with E-state index in [4.69, 9.17) is 5.11 Å². The largest absolute Gasteiger partial charge is 0.396 e. The Labute approximate surface area is 80.1 Å². The van der Waals surface area contributed by atoms with Gasteiger partial charge < -0.3 is 5.11 Å². The number of rotatable bonds is 3. The summed E-state index contributed by atoms with van der Waals surface area (Å²) in [7, 11) is 0. The molecular weight excluding hydrogens is 123 g/mol. The molecule has 0 bridgehead atoms. The molecule has 9 heavy (non-hydrogen) atoms. The van der Waals surface area contributed by atoms with Gasteiger partial charge in [0.2, 0.25) is 0 Å². The molecule has 0 aliphatic carbocycles. The molecule has 0 rings (SSSR count). The molecule has 0 saturated heterocycles. The van der Waals surface area contributed by atoms with Crippen molar-refractivity contribution in [3.8, 4) is 0 Å². The fraction of sp³-hybridized carbons (Fsp3) is 1.00. The molecule has 0 aromatic heterocycles. The maximum atomic E-state index is 8.64. The molecule has 2 unspecified atom stereocenters. The van der Waals surface area contributed by atoms with Crippen molar-refractivity contribution in [3.05, 3.63) is 0 Å². The molecule has 0 spiro atoms. The van der Waals surface area contributed by atoms with Gasteiger partial charge >= 0.3 is 0 Å². The third-order valence-electron chi connectivity index (χ3n) is 1.90. The normalized spacial score (nSPS) is 16.0. The van der Waals surface area contributed by atoms with Crippen LogP contribution in [0.5, 0.6) is 0 Å². The van der Waals surface area contributed by atoms with Crippen molar-refractivity contribution in [2.45, 2.75) is 27.2 Å². The van der Waals surface area contributed by atoms with E-state index in [1.165, 1.54) is 6.42 Å². The van der Waals surface area contributed by atoms with Gasteiger partial charge in [0.05, 0.1) is 0 Å². The van der Waals surface area contributed by atoms with Gasteiger partial charge in [-0.15, -0.1) is 0 Å². The van der Waals surface area contributed by atoms with Crippen LogP contribution in [0, 0.1) is 11.8 Å². The van der Waals surface area contributed by atoms with Gasteiger partial charge in [0, 0.05) is 36.2 Å². The van der Waals surface area contributed by atoms with Crippen LogP contribution in [0.25, 0.3) is 0 Å². The summed E-state index contributed by atoms with van der Waals surface area (Å²) in [5.41, 5.74) is 0. The third-order valence-corrected chi connectivity index (χ3v) is 1.90. The average molecular weight is 139 g/mol. The minimum atomic E-state index is 0. The molecule has 0 saturated carbocycles. The fourth-order valence-electron chi connectivity index (χ4n) is 0.582. The summed E-state index contributed by atoms with van der Waals surface area (Å²) < 4.78 is 0. The first-order chi connectivity index (χ1) is 3.72. The molecule has 0 heterocycles. The van der Waals surface area contributed by atoms with E-state index in [2.05, 4.69) is 20.8 Å². The third kappa shape index (κ3) is 5.41. The number of hydrogen-bond acceptors (Lipinski definition) is 1. The second kappa shape index (κ2) is 7.07. The van der Waals surface area contributed by atoms with Gasteiger partial charge in [-0.2, -0.15) is 0 Å². The minimum Gasteiger partial charge on any atom is -0.396 e. The van der Waals surface area contributed by atoms with Crippen LogP contribution in [0.4, 0.5) is 0 Å². The van der Waals surface area contributed by atoms with Gasteiger partial charge in [-0.1, -0.05) is 27.2 Å². The van der Waals surface area contributed by atoms with E-state index in [0.29, 0.717) is 18.4 Å². The summed E-state index contributed by atoms with van der Waals surface area (Å²) in [6.07, 6.45) is 1.17. The van der Waals surface area contributed by atoms with Crippen molar-refractivity contribution in [1.29, 1.82) is 0 Å². The van der Waals surface area contributed by atoms with Gasteiger partial charge in [-0.25, -0.2) is 0 Å². The molecule has 0 aliphatic heterocycles. The standard InChI is InChI=1S/C7H16O.Na/c1-4-6(2)7(3)5-8;/h6-8H,4-5H2,1-3H3;. The Morgan fingerprint density at radius 3 is 1.78 bits per heavy atom. The van der Waals surface area contributed by atoms with Crippen molar-refractivity contribution in [2.75, 3.05) is 6.61 Å². The van der Waals surface area contributed by atoms with Gasteiger partial charge in [0.1, 0.15) is 0 Å². The Hall–Kier alpha value is 0.960. The van der Waals surface area contributed by atoms with Crippen molar-refractivity contribution >= 4 is 29.6 Å². The first-order valence-corrected chi connectivity index (χ1v) is 3.33. The smallest absolute Gasteiger partial charge is 0.0459 e. The van der Waals surface area contributed by atoms with E-state index in [1.807, 2.05) is 0 Å². The summed E-state index contributed by atoms with van der Waals surface area (Å²) in [6.45, 7) is 6.72. The van der Waals surface area contributed by atoms with Crippen LogP contribution in [0.2, 0.25) is 0 Å². The van der Waals surface area contributed by atoms with Gasteiger partial charge in [-0.3, -0.25) is 0 Å². The van der Waals surface area contributed by atoms with Crippen LogP contribution in [0.15, 0.2) is 0 Å². The SMILES string of the molecule is CCC(C)C(C)CO.[Na]. The Kier molecular flexibility index (Phi) is 9.92. The molecule has 1 nitrogen and oxygen atoms in total. The van der Waals surface area contributed by atoms with Gasteiger partial charge in [0.25, 0.3) is 0 Å². The second-order valence-electron chi connectivity index (χ2n) is 2.55. The molecule has 51 valence electrons. The molecule has 0 aliphatic rings. The Bertz CT molecular complexity index is 48.9. The van der Waals surface area contributed by atoms with E-state index < -0.39 is 0 Å². The first-order valence-electron chi connectivity index (χ1n) is 3.33. The topological polar surface area (TPSA) is 20.2 Å². The first kappa shape index (κ1) is 12.6. The predicted molar refractivity (Wildman–Crippen MR) is 41.5 cm³/mol. The minimum absolute atomic E-state index is 0. The molecule has 2 heteroatoms. The zero-order valence-electron chi connectivity index (χ0n) is 7.02. The van der Waals surface area contributed by atoms with Crippen molar-refractivity contribution in [1.82, 2.24) is 0 Å². The molecule has 0 aromatic carbocycles. The van der Waals surface area contributed by atoms with Crippen LogP contribution >= 0.6 is 0 Å². The molecule has 0 aromatic rings. The molecule has 0 fully saturated rings. The molecule has 1 radical (unpaired) electrons. The quantitative estimate of drug-likeness (QED) is 0.584. The summed E-state index contributed by atoms with van der Waals surface area (Å²) in [6, 6.07) is 0. The summed E-state index contributed by atoms with van der Waals surface area (Å²) in [5, 5.41) is 8.64. The molecule has 1 N–H and O–H groups in total. The predicted octanol–water partition coefficient (Wildman–Crippen LogP) is 1.28. The van der Waals surface area contributed by atoms with Crippen LogP contribution in [-0.2, 0) is 0 Å². The maximum Gasteiger partial charge on any atom is 0.0459 e. The Morgan fingerprint density at radius 1 is 1.22 bits per heavy atom. The molecule has 2 atom stereocenters. The molecule has 0 amide bonds. The van der Waals surface area contributed by atoms with Gasteiger partial charge in [0.15, 0.2) is 0 Å². The maximum absolute atomic E-state index is 8.64. The van der Waals surface area contributed by atoms with Crippen LogP contribution < -0.4 is 0 Å². The zero-order valence-corrected chi connectivity index (χ0v) is 9.02. The van der Waals surface area contributed by atoms with Crippen LogP contribution in [-0.4, -0.2) is 41.3 Å². The van der Waals surface area contributed by atoms with E-state index in [9.17, 15) is 0 Å². The Balaban J connectivity index is 0. The van der Waals surface area contributed by atoms with Crippen molar-refractivity contribution in [3.63, 3.8) is 0 Å². The van der Waals surface area contributed by atoms with E-state index in [1.54, 1.807) is 0 Å². The van der Waals surface area contributed by atoms with Gasteiger partial charge in [-0.05, 0) is 11.8 Å². The van der Waals surface area contributed by atoms with Crippen molar-refractivity contribution < 1.29 is 5.11 Å². The average Bonchev–Trinajstić information content (AvgIpc) is 1.84. The monoisotopic (exact) mass is 139 g/mol. The van der Waals surface area contributed by atoms with Crippen molar-refractivity contribution in [2.24, 2.45) is 11.8 Å². The summed E-state index contributed by atoms with van der Waals surface area (Å²) in [5.74, 6) is 1.14. The number of aliphatic hydroxyl groups excluding tert-OH is 1. The zero-order chi connectivity index (χ0) is 6.57.